The molecule has 1 aliphatic carbocycles. The van der Waals surface area contributed by atoms with Crippen molar-refractivity contribution in [2.24, 2.45) is 0 Å². The van der Waals surface area contributed by atoms with Gasteiger partial charge in [-0.1, -0.05) is 67.4 Å². The predicted molar refractivity (Wildman–Crippen MR) is 118 cm³/mol. The van der Waals surface area contributed by atoms with Gasteiger partial charge < -0.3 is 5.11 Å². The van der Waals surface area contributed by atoms with Crippen molar-refractivity contribution in [3.05, 3.63) is 70.3 Å². The van der Waals surface area contributed by atoms with Crippen LogP contribution in [0.4, 0.5) is 0 Å². The Kier molecular flexibility index (Phi) is 7.28. The van der Waals surface area contributed by atoms with Gasteiger partial charge in [0.25, 0.3) is 0 Å². The molecule has 0 aliphatic heterocycles. The fourth-order valence-corrected chi connectivity index (χ4v) is 3.87. The molecule has 2 aromatic rings. The Labute approximate surface area is 166 Å². The molecule has 0 spiro atoms. The van der Waals surface area contributed by atoms with Crippen LogP contribution in [0.2, 0.25) is 0 Å². The van der Waals surface area contributed by atoms with Crippen LogP contribution in [0.5, 0.6) is 0 Å². The summed E-state index contributed by atoms with van der Waals surface area (Å²) in [5, 5.41) is 9.54. The van der Waals surface area contributed by atoms with Crippen molar-refractivity contribution < 1.29 is 5.11 Å². The largest absolute Gasteiger partial charge is 0.390 e. The average Bonchev–Trinajstić information content (AvgIpc) is 2.57. The minimum absolute atomic E-state index is 0.402. The van der Waals surface area contributed by atoms with Crippen LogP contribution in [0.1, 0.15) is 81.2 Å². The molecule has 0 heterocycles. The molecule has 0 radical (unpaired) electrons. The van der Waals surface area contributed by atoms with Gasteiger partial charge in [0, 0.05) is 0 Å². The van der Waals surface area contributed by atoms with Crippen molar-refractivity contribution >= 4 is 0 Å². The van der Waals surface area contributed by atoms with E-state index in [0.717, 1.165) is 19.3 Å². The number of hydrogen-bond donors (Lipinski definition) is 1. The van der Waals surface area contributed by atoms with E-state index in [1.54, 1.807) is 11.1 Å². The van der Waals surface area contributed by atoms with Crippen LogP contribution in [-0.4, -0.2) is 10.7 Å². The number of aliphatic hydroxyl groups is 1. The van der Waals surface area contributed by atoms with Crippen LogP contribution in [-0.2, 0) is 18.3 Å². The lowest BCUT2D eigenvalue weighted by Gasteiger charge is -2.32. The topological polar surface area (TPSA) is 20.2 Å². The number of fused-ring (bicyclic) bond motifs is 1. The number of benzene rings is 2. The Hall–Kier alpha value is -1.60. The second-order valence-electron chi connectivity index (χ2n) is 9.55. The number of hydrogen-bond acceptors (Lipinski definition) is 1. The van der Waals surface area contributed by atoms with Gasteiger partial charge in [-0.2, -0.15) is 0 Å². The molecule has 0 amide bonds. The summed E-state index contributed by atoms with van der Waals surface area (Å²) >= 11 is 0. The van der Waals surface area contributed by atoms with Gasteiger partial charge in [0.05, 0.1) is 5.60 Å². The first-order valence-corrected chi connectivity index (χ1v) is 10.4. The SMILES string of the molecule is Cc1ccc(CCCC(C)(C)O)cc1.Cc1ccc2c(c1)C(C)(C)CCC2. The molecule has 1 aliphatic rings. The minimum Gasteiger partial charge on any atom is -0.390 e. The molecule has 0 atom stereocenters. The zero-order chi connectivity index (χ0) is 20.1. The van der Waals surface area contributed by atoms with Gasteiger partial charge in [-0.05, 0) is 88.3 Å². The summed E-state index contributed by atoms with van der Waals surface area (Å²) in [5.41, 5.74) is 7.09. The highest BCUT2D eigenvalue weighted by Crippen LogP contribution is 2.36. The maximum atomic E-state index is 9.54. The average molecular weight is 367 g/mol. The lowest BCUT2D eigenvalue weighted by atomic mass is 9.72. The number of rotatable bonds is 4. The van der Waals surface area contributed by atoms with E-state index < -0.39 is 5.60 Å². The van der Waals surface area contributed by atoms with Crippen LogP contribution >= 0.6 is 0 Å². The Morgan fingerprint density at radius 3 is 2.22 bits per heavy atom. The van der Waals surface area contributed by atoms with Crippen LogP contribution in [0.15, 0.2) is 42.5 Å². The second kappa shape index (κ2) is 9.06. The molecule has 1 heteroatoms. The highest BCUT2D eigenvalue weighted by molar-refractivity contribution is 5.38. The lowest BCUT2D eigenvalue weighted by Crippen LogP contribution is -2.23. The Balaban J connectivity index is 0.000000194. The molecule has 27 heavy (non-hydrogen) atoms. The van der Waals surface area contributed by atoms with E-state index in [2.05, 4.69) is 70.2 Å². The van der Waals surface area contributed by atoms with E-state index >= 15 is 0 Å². The third-order valence-corrected chi connectivity index (χ3v) is 5.62. The first-order chi connectivity index (χ1) is 12.6. The third-order valence-electron chi connectivity index (χ3n) is 5.62. The van der Waals surface area contributed by atoms with Crippen molar-refractivity contribution in [1.82, 2.24) is 0 Å². The molecule has 3 rings (SSSR count). The van der Waals surface area contributed by atoms with Crippen molar-refractivity contribution in [3.8, 4) is 0 Å². The van der Waals surface area contributed by atoms with Crippen LogP contribution in [0, 0.1) is 13.8 Å². The van der Waals surface area contributed by atoms with Gasteiger partial charge in [0.1, 0.15) is 0 Å². The van der Waals surface area contributed by atoms with Crippen LogP contribution in [0.25, 0.3) is 0 Å². The third kappa shape index (κ3) is 7.14. The molecule has 0 unspecified atom stereocenters. The zero-order valence-electron chi connectivity index (χ0n) is 18.2. The molecular formula is C26H38O. The summed E-state index contributed by atoms with van der Waals surface area (Å²) in [6, 6.07) is 15.5. The maximum absolute atomic E-state index is 9.54. The van der Waals surface area contributed by atoms with Gasteiger partial charge in [-0.15, -0.1) is 0 Å². The Morgan fingerprint density at radius 2 is 1.59 bits per heavy atom. The second-order valence-corrected chi connectivity index (χ2v) is 9.55. The highest BCUT2D eigenvalue weighted by atomic mass is 16.3. The summed E-state index contributed by atoms with van der Waals surface area (Å²) in [5.74, 6) is 0. The highest BCUT2D eigenvalue weighted by Gasteiger charge is 2.26. The molecule has 2 aromatic carbocycles. The summed E-state index contributed by atoms with van der Waals surface area (Å²) in [6.07, 6.45) is 6.93. The standard InChI is InChI=1S/C13H20O.C13H18/c1-11-6-8-12(9-7-11)5-4-10-13(2,3)14;1-10-6-7-11-5-4-8-13(2,3)12(11)9-10/h6-9,14H,4-5,10H2,1-3H3;6-7,9H,4-5,8H2,1-3H3. The normalized spacial score (nSPS) is 15.5. The van der Waals surface area contributed by atoms with E-state index in [-0.39, 0.29) is 0 Å². The van der Waals surface area contributed by atoms with E-state index in [9.17, 15) is 5.11 Å². The van der Waals surface area contributed by atoms with Crippen LogP contribution < -0.4 is 0 Å². The molecule has 0 fully saturated rings. The van der Waals surface area contributed by atoms with Gasteiger partial charge >= 0.3 is 0 Å². The summed E-state index contributed by atoms with van der Waals surface area (Å²) < 4.78 is 0. The van der Waals surface area contributed by atoms with Crippen LogP contribution in [0.3, 0.4) is 0 Å². The van der Waals surface area contributed by atoms with Crippen molar-refractivity contribution in [2.45, 2.75) is 91.1 Å². The van der Waals surface area contributed by atoms with Gasteiger partial charge in [0.15, 0.2) is 0 Å². The summed E-state index contributed by atoms with van der Waals surface area (Å²) in [7, 11) is 0. The first kappa shape index (κ1) is 21.7. The smallest absolute Gasteiger partial charge is 0.0591 e. The van der Waals surface area contributed by atoms with Gasteiger partial charge in [-0.25, -0.2) is 0 Å². The minimum atomic E-state index is -0.523. The van der Waals surface area contributed by atoms with Crippen molar-refractivity contribution in [1.29, 1.82) is 0 Å². The number of aryl methyl sites for hydroxylation is 4. The van der Waals surface area contributed by atoms with Crippen molar-refractivity contribution in [3.63, 3.8) is 0 Å². The van der Waals surface area contributed by atoms with Crippen molar-refractivity contribution in [2.75, 3.05) is 0 Å². The fraction of sp³-hybridized carbons (Fsp3) is 0.538. The molecule has 0 saturated heterocycles. The zero-order valence-corrected chi connectivity index (χ0v) is 18.2. The Morgan fingerprint density at radius 1 is 0.963 bits per heavy atom. The fourth-order valence-electron chi connectivity index (χ4n) is 3.87. The summed E-state index contributed by atoms with van der Waals surface area (Å²) in [4.78, 5) is 0. The van der Waals surface area contributed by atoms with E-state index in [1.165, 1.54) is 36.0 Å². The van der Waals surface area contributed by atoms with E-state index in [4.69, 9.17) is 0 Å². The summed E-state index contributed by atoms with van der Waals surface area (Å²) in [6.45, 7) is 12.7. The molecule has 148 valence electrons. The lowest BCUT2D eigenvalue weighted by molar-refractivity contribution is 0.0689. The Bertz CT molecular complexity index is 717. The molecule has 0 saturated carbocycles. The molecule has 1 nitrogen and oxygen atoms in total. The van der Waals surface area contributed by atoms with E-state index in [0.29, 0.717) is 5.41 Å². The molecule has 0 aromatic heterocycles. The predicted octanol–water partition coefficient (Wildman–Crippen LogP) is 6.70. The maximum Gasteiger partial charge on any atom is 0.0591 e. The first-order valence-electron chi connectivity index (χ1n) is 10.4. The molecular weight excluding hydrogens is 328 g/mol. The monoisotopic (exact) mass is 366 g/mol. The molecule has 0 bridgehead atoms. The van der Waals surface area contributed by atoms with Gasteiger partial charge in [0.2, 0.25) is 0 Å². The van der Waals surface area contributed by atoms with E-state index in [1.807, 2.05) is 13.8 Å². The molecule has 1 N–H and O–H groups in total. The quantitative estimate of drug-likeness (QED) is 0.638. The van der Waals surface area contributed by atoms with Gasteiger partial charge in [-0.3, -0.25) is 0 Å².